The minimum atomic E-state index is -0.691. The topological polar surface area (TPSA) is 118 Å². The molecule has 0 bridgehead atoms. The number of amides is 1. The van der Waals surface area contributed by atoms with Crippen molar-refractivity contribution in [2.75, 3.05) is 23.3 Å². The second-order valence-corrected chi connectivity index (χ2v) is 8.74. The number of halogens is 1. The highest BCUT2D eigenvalue weighted by molar-refractivity contribution is 6.35. The molecule has 0 radical (unpaired) electrons. The van der Waals surface area contributed by atoms with Crippen molar-refractivity contribution in [3.63, 3.8) is 0 Å². The number of benzene rings is 1. The minimum Gasteiger partial charge on any atom is -0.439 e. The molecule has 10 nitrogen and oxygen atoms in total. The standard InChI is InChI=1S/C23H20ClN7O3/c1-13-28-17-10-14(9-16(24)20(17)29-13)33-19-11-18(26-12-27-19)31-7-4-23(5-8-31)15-3-2-6-25-21(15)30-22(32)34-23/h2-3,6,9-12H,4-5,7-8H2,1H3,(H,28,29)(H,25,30,32). The van der Waals surface area contributed by atoms with Gasteiger partial charge in [0, 0.05) is 55.9 Å². The molecule has 1 fully saturated rings. The fourth-order valence-electron chi connectivity index (χ4n) is 4.61. The van der Waals surface area contributed by atoms with Gasteiger partial charge < -0.3 is 19.4 Å². The monoisotopic (exact) mass is 477 g/mol. The molecule has 172 valence electrons. The van der Waals surface area contributed by atoms with E-state index in [1.165, 1.54) is 6.33 Å². The second-order valence-electron chi connectivity index (χ2n) is 8.34. The molecule has 2 N–H and O–H groups in total. The van der Waals surface area contributed by atoms with Crippen molar-refractivity contribution in [2.45, 2.75) is 25.4 Å². The van der Waals surface area contributed by atoms with E-state index in [0.717, 1.165) is 22.7 Å². The van der Waals surface area contributed by atoms with E-state index in [-0.39, 0.29) is 0 Å². The van der Waals surface area contributed by atoms with Crippen LogP contribution in [0, 0.1) is 6.92 Å². The van der Waals surface area contributed by atoms with Gasteiger partial charge in [-0.25, -0.2) is 24.7 Å². The number of hydrogen-bond donors (Lipinski definition) is 2. The van der Waals surface area contributed by atoms with Gasteiger partial charge in [0.05, 0.1) is 10.5 Å². The maximum Gasteiger partial charge on any atom is 0.413 e. The molecule has 0 atom stereocenters. The first kappa shape index (κ1) is 20.7. The molecule has 0 unspecified atom stereocenters. The van der Waals surface area contributed by atoms with E-state index in [0.29, 0.717) is 53.9 Å². The van der Waals surface area contributed by atoms with Crippen molar-refractivity contribution >= 4 is 40.4 Å². The van der Waals surface area contributed by atoms with E-state index in [4.69, 9.17) is 21.1 Å². The summed E-state index contributed by atoms with van der Waals surface area (Å²) in [5.41, 5.74) is 1.71. The highest BCUT2D eigenvalue weighted by atomic mass is 35.5. The molecule has 0 aliphatic carbocycles. The summed E-state index contributed by atoms with van der Waals surface area (Å²) in [7, 11) is 0. The van der Waals surface area contributed by atoms with E-state index in [1.807, 2.05) is 25.1 Å². The number of H-pyrrole nitrogens is 1. The van der Waals surface area contributed by atoms with Crippen LogP contribution in [0.4, 0.5) is 16.4 Å². The minimum absolute atomic E-state index is 0.403. The largest absolute Gasteiger partial charge is 0.439 e. The van der Waals surface area contributed by atoms with Gasteiger partial charge in [-0.1, -0.05) is 11.6 Å². The highest BCUT2D eigenvalue weighted by Crippen LogP contribution is 2.43. The molecule has 1 aromatic carbocycles. The Morgan fingerprint density at radius 1 is 1.18 bits per heavy atom. The quantitative estimate of drug-likeness (QED) is 0.441. The van der Waals surface area contributed by atoms with E-state index >= 15 is 0 Å². The van der Waals surface area contributed by atoms with Crippen molar-refractivity contribution in [2.24, 2.45) is 0 Å². The number of carbonyl (C=O) groups is 1. The first-order valence-corrected chi connectivity index (χ1v) is 11.2. The van der Waals surface area contributed by atoms with Gasteiger partial charge in [0.1, 0.15) is 40.7 Å². The maximum atomic E-state index is 12.1. The van der Waals surface area contributed by atoms with Gasteiger partial charge in [-0.05, 0) is 19.1 Å². The van der Waals surface area contributed by atoms with Crippen LogP contribution in [0.2, 0.25) is 5.02 Å². The number of piperidine rings is 1. The number of imidazole rings is 1. The first-order valence-electron chi connectivity index (χ1n) is 10.9. The van der Waals surface area contributed by atoms with E-state index < -0.39 is 11.7 Å². The molecule has 5 heterocycles. The lowest BCUT2D eigenvalue weighted by atomic mass is 9.83. The zero-order valence-electron chi connectivity index (χ0n) is 18.2. The third-order valence-corrected chi connectivity index (χ3v) is 6.47. The predicted octanol–water partition coefficient (Wildman–Crippen LogP) is 4.56. The summed E-state index contributed by atoms with van der Waals surface area (Å²) in [6, 6.07) is 9.16. The molecule has 0 saturated carbocycles. The summed E-state index contributed by atoms with van der Waals surface area (Å²) in [5.74, 6) is 3.03. The normalized spacial score (nSPS) is 16.8. The van der Waals surface area contributed by atoms with Crippen LogP contribution in [0.1, 0.15) is 24.2 Å². The van der Waals surface area contributed by atoms with E-state index in [2.05, 4.69) is 35.1 Å². The van der Waals surface area contributed by atoms with Crippen LogP contribution in [-0.4, -0.2) is 44.1 Å². The molecule has 11 heteroatoms. The van der Waals surface area contributed by atoms with Gasteiger partial charge in [0.15, 0.2) is 0 Å². The summed E-state index contributed by atoms with van der Waals surface area (Å²) in [6.07, 6.45) is 3.89. The molecule has 6 rings (SSSR count). The molecule has 3 aromatic heterocycles. The molecule has 1 amide bonds. The van der Waals surface area contributed by atoms with Crippen LogP contribution in [0.15, 0.2) is 42.9 Å². The molecular weight excluding hydrogens is 458 g/mol. The number of aromatic amines is 1. The van der Waals surface area contributed by atoms with Crippen LogP contribution < -0.4 is 15.0 Å². The lowest BCUT2D eigenvalue weighted by Crippen LogP contribution is -2.48. The molecule has 2 aliphatic rings. The lowest BCUT2D eigenvalue weighted by molar-refractivity contribution is -0.00853. The van der Waals surface area contributed by atoms with Crippen LogP contribution in [0.3, 0.4) is 0 Å². The van der Waals surface area contributed by atoms with Gasteiger partial charge in [0.2, 0.25) is 5.88 Å². The van der Waals surface area contributed by atoms with Crippen molar-refractivity contribution in [3.05, 3.63) is 59.3 Å². The Morgan fingerprint density at radius 2 is 2.03 bits per heavy atom. The number of aryl methyl sites for hydroxylation is 1. The zero-order valence-corrected chi connectivity index (χ0v) is 19.0. The number of nitrogens with zero attached hydrogens (tertiary/aromatic N) is 5. The molecule has 1 spiro atoms. The number of rotatable bonds is 3. The number of anilines is 2. The summed E-state index contributed by atoms with van der Waals surface area (Å²) >= 11 is 6.36. The Bertz CT molecular complexity index is 1410. The van der Waals surface area contributed by atoms with Crippen molar-refractivity contribution < 1.29 is 14.3 Å². The summed E-state index contributed by atoms with van der Waals surface area (Å²) < 4.78 is 11.8. The first-order chi connectivity index (χ1) is 16.5. The summed E-state index contributed by atoms with van der Waals surface area (Å²) in [6.45, 7) is 3.16. The Morgan fingerprint density at radius 3 is 2.88 bits per heavy atom. The fraction of sp³-hybridized carbons (Fsp3) is 0.261. The van der Waals surface area contributed by atoms with Gasteiger partial charge in [-0.2, -0.15) is 0 Å². The van der Waals surface area contributed by atoms with Crippen LogP contribution in [-0.2, 0) is 10.3 Å². The summed E-state index contributed by atoms with van der Waals surface area (Å²) in [5, 5.41) is 3.18. The number of ether oxygens (including phenoxy) is 2. The Labute approximate surface area is 199 Å². The Kier molecular flexibility index (Phi) is 4.77. The van der Waals surface area contributed by atoms with Gasteiger partial charge in [-0.3, -0.25) is 5.32 Å². The SMILES string of the molecule is Cc1nc2c(Cl)cc(Oc3cc(N4CCC5(CC4)OC(=O)Nc4ncccc45)ncn3)cc2[nH]1. The Hall–Kier alpha value is -3.92. The van der Waals surface area contributed by atoms with Crippen molar-refractivity contribution in [3.8, 4) is 11.6 Å². The lowest BCUT2D eigenvalue weighted by Gasteiger charge is -2.44. The molecule has 4 aromatic rings. The van der Waals surface area contributed by atoms with Crippen molar-refractivity contribution in [1.82, 2.24) is 24.9 Å². The molecule has 2 aliphatic heterocycles. The fourth-order valence-corrected chi connectivity index (χ4v) is 4.86. The molecule has 1 saturated heterocycles. The number of hydrogen-bond acceptors (Lipinski definition) is 8. The average Bonchev–Trinajstić information content (AvgIpc) is 3.20. The number of nitrogens with one attached hydrogen (secondary N) is 2. The van der Waals surface area contributed by atoms with Crippen molar-refractivity contribution in [1.29, 1.82) is 0 Å². The predicted molar refractivity (Wildman–Crippen MR) is 125 cm³/mol. The van der Waals surface area contributed by atoms with E-state index in [9.17, 15) is 4.79 Å². The zero-order chi connectivity index (χ0) is 23.3. The van der Waals surface area contributed by atoms with Gasteiger partial charge >= 0.3 is 6.09 Å². The third kappa shape index (κ3) is 3.56. The van der Waals surface area contributed by atoms with Gasteiger partial charge in [-0.15, -0.1) is 0 Å². The maximum absolute atomic E-state index is 12.1. The van der Waals surface area contributed by atoms with Crippen LogP contribution in [0.25, 0.3) is 11.0 Å². The number of aromatic nitrogens is 5. The Balaban J connectivity index is 1.21. The summed E-state index contributed by atoms with van der Waals surface area (Å²) in [4.78, 5) is 34.8. The number of fused-ring (bicyclic) bond motifs is 3. The molecular formula is C23H20ClN7O3. The number of pyridine rings is 1. The average molecular weight is 478 g/mol. The molecule has 34 heavy (non-hydrogen) atoms. The number of carbonyl (C=O) groups excluding carboxylic acids is 1. The van der Waals surface area contributed by atoms with Gasteiger partial charge in [0.25, 0.3) is 0 Å². The van der Waals surface area contributed by atoms with Crippen LogP contribution in [0.5, 0.6) is 11.6 Å². The smallest absolute Gasteiger partial charge is 0.413 e. The highest BCUT2D eigenvalue weighted by Gasteiger charge is 2.45. The second kappa shape index (κ2) is 7.84. The van der Waals surface area contributed by atoms with Crippen LogP contribution >= 0.6 is 11.6 Å². The van der Waals surface area contributed by atoms with E-state index in [1.54, 1.807) is 18.3 Å². The third-order valence-electron chi connectivity index (χ3n) is 6.18.